The van der Waals surface area contributed by atoms with Crippen molar-refractivity contribution in [3.8, 4) is 11.5 Å². The molecule has 0 unspecified atom stereocenters. The summed E-state index contributed by atoms with van der Waals surface area (Å²) in [7, 11) is 2.77. The Morgan fingerprint density at radius 2 is 1.82 bits per heavy atom. The number of halogens is 1. The van der Waals surface area contributed by atoms with Crippen LogP contribution in [0, 0.1) is 0 Å². The molecule has 6 nitrogen and oxygen atoms in total. The molecule has 0 bridgehead atoms. The Hall–Kier alpha value is -1.95. The van der Waals surface area contributed by atoms with Crippen molar-refractivity contribution in [3.05, 3.63) is 17.2 Å². The van der Waals surface area contributed by atoms with Crippen LogP contribution in [-0.2, 0) is 9.59 Å². The summed E-state index contributed by atoms with van der Waals surface area (Å²) in [6.45, 7) is 0. The number of nitrogens with one attached hydrogen (secondary N) is 1. The highest BCUT2D eigenvalue weighted by atomic mass is 35.5. The van der Waals surface area contributed by atoms with E-state index in [4.69, 9.17) is 26.2 Å². The molecule has 1 amide bonds. The number of hydrogen-bond donors (Lipinski definition) is 2. The molecule has 0 aliphatic rings. The second-order valence-corrected chi connectivity index (χ2v) is 3.35. The summed E-state index contributed by atoms with van der Waals surface area (Å²) in [4.78, 5) is 21.4. The highest BCUT2D eigenvalue weighted by Gasteiger charge is 2.16. The van der Waals surface area contributed by atoms with Crippen LogP contribution in [0.5, 0.6) is 11.5 Å². The van der Waals surface area contributed by atoms with Crippen LogP contribution in [0.25, 0.3) is 0 Å². The Morgan fingerprint density at radius 1 is 1.24 bits per heavy atom. The van der Waals surface area contributed by atoms with E-state index < -0.39 is 11.9 Å². The topological polar surface area (TPSA) is 84.9 Å². The van der Waals surface area contributed by atoms with Gasteiger partial charge in [-0.15, -0.1) is 0 Å². The Kier molecular flexibility index (Phi) is 4.17. The van der Waals surface area contributed by atoms with E-state index in [1.165, 1.54) is 26.4 Å². The average molecular weight is 260 g/mol. The molecule has 0 heterocycles. The van der Waals surface area contributed by atoms with Crippen LogP contribution in [0.4, 0.5) is 5.69 Å². The molecule has 1 rings (SSSR count). The molecule has 2 N–H and O–H groups in total. The highest BCUT2D eigenvalue weighted by Crippen LogP contribution is 2.35. The maximum atomic E-state index is 11.0. The van der Waals surface area contributed by atoms with Crippen molar-refractivity contribution in [1.29, 1.82) is 0 Å². The van der Waals surface area contributed by atoms with E-state index >= 15 is 0 Å². The average Bonchev–Trinajstić information content (AvgIpc) is 2.30. The number of anilines is 1. The minimum atomic E-state index is -1.60. The third-order valence-electron chi connectivity index (χ3n) is 1.92. The van der Waals surface area contributed by atoms with Crippen molar-refractivity contribution >= 4 is 29.2 Å². The Labute approximate surface area is 102 Å². The first-order valence-corrected chi connectivity index (χ1v) is 4.83. The third kappa shape index (κ3) is 3.01. The number of aliphatic carboxylic acids is 1. The van der Waals surface area contributed by atoms with Crippen molar-refractivity contribution in [3.63, 3.8) is 0 Å². The summed E-state index contributed by atoms with van der Waals surface area (Å²) < 4.78 is 9.90. The fraction of sp³-hybridized carbons (Fsp3) is 0.200. The standard InChI is InChI=1S/C10H10ClNO5/c1-16-7-4-6(12-9(13)10(14)15)8(17-2)3-5(7)11/h3-4H,1-2H3,(H,12,13)(H,14,15). The van der Waals surface area contributed by atoms with Gasteiger partial charge in [-0.1, -0.05) is 11.6 Å². The van der Waals surface area contributed by atoms with Crippen LogP contribution in [0.2, 0.25) is 5.02 Å². The summed E-state index contributed by atoms with van der Waals surface area (Å²) in [6.07, 6.45) is 0. The van der Waals surface area contributed by atoms with Crippen molar-refractivity contribution < 1.29 is 24.2 Å². The van der Waals surface area contributed by atoms with Gasteiger partial charge in [0.15, 0.2) is 0 Å². The zero-order valence-corrected chi connectivity index (χ0v) is 9.87. The van der Waals surface area contributed by atoms with Gasteiger partial charge in [0, 0.05) is 12.1 Å². The van der Waals surface area contributed by atoms with Gasteiger partial charge in [0.25, 0.3) is 0 Å². The van der Waals surface area contributed by atoms with Gasteiger partial charge >= 0.3 is 11.9 Å². The lowest BCUT2D eigenvalue weighted by Crippen LogP contribution is -2.22. The van der Waals surface area contributed by atoms with Crippen molar-refractivity contribution in [2.75, 3.05) is 19.5 Å². The molecule has 0 atom stereocenters. The van der Waals surface area contributed by atoms with Crippen molar-refractivity contribution in [2.45, 2.75) is 0 Å². The molecule has 1 aromatic carbocycles. The highest BCUT2D eigenvalue weighted by molar-refractivity contribution is 6.37. The Balaban J connectivity index is 3.12. The van der Waals surface area contributed by atoms with Gasteiger partial charge < -0.3 is 19.9 Å². The van der Waals surface area contributed by atoms with E-state index in [1.54, 1.807) is 0 Å². The molecular formula is C10H10ClNO5. The second kappa shape index (κ2) is 5.40. The molecule has 17 heavy (non-hydrogen) atoms. The molecule has 0 saturated carbocycles. The Bertz CT molecular complexity index is 460. The largest absolute Gasteiger partial charge is 0.495 e. The first kappa shape index (κ1) is 13.1. The number of carbonyl (C=O) groups excluding carboxylic acids is 1. The van der Waals surface area contributed by atoms with Gasteiger partial charge in [-0.2, -0.15) is 0 Å². The number of hydrogen-bond acceptors (Lipinski definition) is 4. The van der Waals surface area contributed by atoms with Gasteiger partial charge in [0.1, 0.15) is 11.5 Å². The number of methoxy groups -OCH3 is 2. The zero-order chi connectivity index (χ0) is 13.0. The number of carboxylic acid groups (broad SMARTS) is 1. The minimum Gasteiger partial charge on any atom is -0.495 e. The lowest BCUT2D eigenvalue weighted by Gasteiger charge is -2.11. The van der Waals surface area contributed by atoms with Gasteiger partial charge in [0.2, 0.25) is 0 Å². The summed E-state index contributed by atoms with van der Waals surface area (Å²) in [5, 5.41) is 10.9. The second-order valence-electron chi connectivity index (χ2n) is 2.95. The zero-order valence-electron chi connectivity index (χ0n) is 9.11. The summed E-state index contributed by atoms with van der Waals surface area (Å²) in [6, 6.07) is 2.79. The molecule has 0 aliphatic heterocycles. The van der Waals surface area contributed by atoms with Crippen LogP contribution in [-0.4, -0.2) is 31.2 Å². The predicted molar refractivity (Wildman–Crippen MR) is 60.8 cm³/mol. The molecule has 0 fully saturated rings. The van der Waals surface area contributed by atoms with Crippen LogP contribution in [0.15, 0.2) is 12.1 Å². The van der Waals surface area contributed by atoms with Gasteiger partial charge in [-0.25, -0.2) is 4.79 Å². The van der Waals surface area contributed by atoms with E-state index in [-0.39, 0.29) is 16.5 Å². The SMILES string of the molecule is COc1cc(NC(=O)C(=O)O)c(OC)cc1Cl. The van der Waals surface area contributed by atoms with E-state index in [0.717, 1.165) is 0 Å². The molecule has 0 radical (unpaired) electrons. The molecule has 92 valence electrons. The summed E-state index contributed by atoms with van der Waals surface area (Å²) >= 11 is 5.85. The van der Waals surface area contributed by atoms with Crippen LogP contribution in [0.3, 0.4) is 0 Å². The maximum Gasteiger partial charge on any atom is 0.394 e. The first-order chi connectivity index (χ1) is 7.99. The molecule has 1 aromatic rings. The number of carboxylic acids is 1. The van der Waals surface area contributed by atoms with E-state index in [1.807, 2.05) is 0 Å². The van der Waals surface area contributed by atoms with Crippen molar-refractivity contribution in [1.82, 2.24) is 0 Å². The van der Waals surface area contributed by atoms with Crippen LogP contribution < -0.4 is 14.8 Å². The lowest BCUT2D eigenvalue weighted by atomic mass is 10.2. The molecule has 0 spiro atoms. The minimum absolute atomic E-state index is 0.168. The maximum absolute atomic E-state index is 11.0. The molecule has 0 aromatic heterocycles. The van der Waals surface area contributed by atoms with Gasteiger partial charge in [0.05, 0.1) is 24.9 Å². The number of benzene rings is 1. The number of amides is 1. The fourth-order valence-electron chi connectivity index (χ4n) is 1.13. The molecule has 0 aliphatic carbocycles. The third-order valence-corrected chi connectivity index (χ3v) is 2.21. The molecular weight excluding hydrogens is 250 g/mol. The lowest BCUT2D eigenvalue weighted by molar-refractivity contribution is -0.147. The fourth-order valence-corrected chi connectivity index (χ4v) is 1.36. The number of rotatable bonds is 3. The molecule has 7 heteroatoms. The van der Waals surface area contributed by atoms with Crippen molar-refractivity contribution in [2.24, 2.45) is 0 Å². The predicted octanol–water partition coefficient (Wildman–Crippen LogP) is 1.38. The number of ether oxygens (including phenoxy) is 2. The van der Waals surface area contributed by atoms with E-state index in [0.29, 0.717) is 5.75 Å². The van der Waals surface area contributed by atoms with Crippen LogP contribution in [0.1, 0.15) is 0 Å². The first-order valence-electron chi connectivity index (χ1n) is 4.45. The van der Waals surface area contributed by atoms with Gasteiger partial charge in [-0.3, -0.25) is 4.79 Å². The smallest absolute Gasteiger partial charge is 0.394 e. The molecule has 0 saturated heterocycles. The normalized spacial score (nSPS) is 9.59. The number of carbonyl (C=O) groups is 2. The van der Waals surface area contributed by atoms with Crippen LogP contribution >= 0.6 is 11.6 Å². The quantitative estimate of drug-likeness (QED) is 0.801. The van der Waals surface area contributed by atoms with E-state index in [9.17, 15) is 9.59 Å². The Morgan fingerprint density at radius 3 is 2.29 bits per heavy atom. The summed E-state index contributed by atoms with van der Waals surface area (Å²) in [5.74, 6) is -2.23. The van der Waals surface area contributed by atoms with Gasteiger partial charge in [-0.05, 0) is 0 Å². The monoisotopic (exact) mass is 259 g/mol. The summed E-state index contributed by atoms with van der Waals surface area (Å²) in [5.41, 5.74) is 0.168. The van der Waals surface area contributed by atoms with E-state index in [2.05, 4.69) is 5.32 Å².